The molecular formula is C27H22N4O5. The predicted octanol–water partition coefficient (Wildman–Crippen LogP) is 3.78. The maximum Gasteiger partial charge on any atom is 0.268 e. The summed E-state index contributed by atoms with van der Waals surface area (Å²) in [5, 5.41) is 15.3. The van der Waals surface area contributed by atoms with Gasteiger partial charge >= 0.3 is 0 Å². The molecule has 0 aliphatic carbocycles. The molecule has 1 aliphatic heterocycles. The molecule has 0 saturated carbocycles. The fourth-order valence-corrected chi connectivity index (χ4v) is 3.73. The number of hydrogen-bond acceptors (Lipinski definition) is 7. The van der Waals surface area contributed by atoms with Crippen LogP contribution in [0.5, 0.6) is 17.2 Å². The number of nitriles is 1. The lowest BCUT2D eigenvalue weighted by molar-refractivity contribution is -0.112. The van der Waals surface area contributed by atoms with Gasteiger partial charge in [0.15, 0.2) is 11.5 Å². The topological polar surface area (TPSA) is 122 Å². The van der Waals surface area contributed by atoms with E-state index in [0.29, 0.717) is 34.1 Å². The second-order valence-electron chi connectivity index (χ2n) is 7.53. The average Bonchev–Trinajstić information content (AvgIpc) is 3.26. The monoisotopic (exact) mass is 482 g/mol. The minimum Gasteiger partial charge on any atom is -0.493 e. The van der Waals surface area contributed by atoms with E-state index in [1.165, 1.54) is 33.5 Å². The molecule has 1 aliphatic rings. The second-order valence-corrected chi connectivity index (χ2v) is 7.53. The number of amides is 2. The van der Waals surface area contributed by atoms with E-state index < -0.39 is 11.8 Å². The van der Waals surface area contributed by atoms with E-state index in [1.807, 2.05) is 12.1 Å². The number of amidine groups is 1. The molecule has 0 bridgehead atoms. The average molecular weight is 482 g/mol. The number of rotatable bonds is 6. The molecule has 2 amide bonds. The van der Waals surface area contributed by atoms with Crippen molar-refractivity contribution in [1.29, 1.82) is 5.26 Å². The highest BCUT2D eigenvalue weighted by Gasteiger charge is 2.28. The lowest BCUT2D eigenvalue weighted by atomic mass is 10.0. The van der Waals surface area contributed by atoms with Crippen LogP contribution in [0.15, 0.2) is 77.3 Å². The standard InChI is InChI=1S/C27H22N4O5/c1-34-21-13-16(14-22(35-2)24(21)36-3)26(32)31-25-19-12-8-7-11-18(19)23(30-25)20(15-28)27(33)29-17-9-5-4-6-10-17/h4-14H,1-3H3,(H,29,33)(H,30,31,32). The summed E-state index contributed by atoms with van der Waals surface area (Å²) >= 11 is 0. The van der Waals surface area contributed by atoms with Crippen LogP contribution in [0.3, 0.4) is 0 Å². The van der Waals surface area contributed by atoms with E-state index in [0.717, 1.165) is 0 Å². The van der Waals surface area contributed by atoms with Gasteiger partial charge in [-0.15, -0.1) is 0 Å². The van der Waals surface area contributed by atoms with E-state index in [-0.39, 0.29) is 22.7 Å². The van der Waals surface area contributed by atoms with Crippen LogP contribution in [0.25, 0.3) is 5.70 Å². The Hall–Kier alpha value is -5.10. The van der Waals surface area contributed by atoms with Gasteiger partial charge in [0, 0.05) is 22.4 Å². The molecule has 3 aromatic rings. The number of benzene rings is 3. The molecule has 180 valence electrons. The number of nitrogens with one attached hydrogen (secondary N) is 2. The minimum atomic E-state index is -0.602. The Balaban J connectivity index is 1.70. The van der Waals surface area contributed by atoms with Crippen molar-refractivity contribution < 1.29 is 23.8 Å². The number of para-hydroxylation sites is 1. The highest BCUT2D eigenvalue weighted by Crippen LogP contribution is 2.38. The molecule has 2 N–H and O–H groups in total. The zero-order valence-electron chi connectivity index (χ0n) is 19.8. The number of nitrogens with zero attached hydrogens (tertiary/aromatic N) is 2. The molecular weight excluding hydrogens is 460 g/mol. The van der Waals surface area contributed by atoms with Crippen LogP contribution in [-0.4, -0.2) is 39.0 Å². The van der Waals surface area contributed by atoms with Gasteiger partial charge in [-0.2, -0.15) is 5.26 Å². The van der Waals surface area contributed by atoms with Crippen molar-refractivity contribution in [3.05, 3.63) is 89.0 Å². The molecule has 9 heteroatoms. The zero-order chi connectivity index (χ0) is 25.7. The van der Waals surface area contributed by atoms with Crippen molar-refractivity contribution in [1.82, 2.24) is 5.32 Å². The molecule has 0 spiro atoms. The van der Waals surface area contributed by atoms with E-state index in [2.05, 4.69) is 15.6 Å². The molecule has 9 nitrogen and oxygen atoms in total. The molecule has 0 saturated heterocycles. The van der Waals surface area contributed by atoms with Gasteiger partial charge in [0.25, 0.3) is 11.8 Å². The Morgan fingerprint density at radius 2 is 1.44 bits per heavy atom. The van der Waals surface area contributed by atoms with Crippen LogP contribution in [0.4, 0.5) is 5.69 Å². The Kier molecular flexibility index (Phi) is 6.97. The van der Waals surface area contributed by atoms with Crippen LogP contribution < -0.4 is 24.8 Å². The van der Waals surface area contributed by atoms with Crippen molar-refractivity contribution in [3.63, 3.8) is 0 Å². The van der Waals surface area contributed by atoms with E-state index in [1.54, 1.807) is 48.5 Å². The summed E-state index contributed by atoms with van der Waals surface area (Å²) in [6, 6.07) is 20.8. The third-order valence-corrected chi connectivity index (χ3v) is 5.43. The zero-order valence-corrected chi connectivity index (χ0v) is 19.8. The number of fused-ring (bicyclic) bond motifs is 1. The highest BCUT2D eigenvalue weighted by molar-refractivity contribution is 6.22. The number of hydrogen-bond donors (Lipinski definition) is 2. The highest BCUT2D eigenvalue weighted by atomic mass is 16.5. The predicted molar refractivity (Wildman–Crippen MR) is 134 cm³/mol. The molecule has 1 heterocycles. The van der Waals surface area contributed by atoms with Crippen molar-refractivity contribution in [2.75, 3.05) is 26.6 Å². The fourth-order valence-electron chi connectivity index (χ4n) is 3.73. The lowest BCUT2D eigenvalue weighted by Gasteiger charge is -2.14. The van der Waals surface area contributed by atoms with Gasteiger partial charge in [0.1, 0.15) is 17.5 Å². The van der Waals surface area contributed by atoms with Gasteiger partial charge in [-0.25, -0.2) is 4.99 Å². The first-order valence-corrected chi connectivity index (χ1v) is 10.8. The van der Waals surface area contributed by atoms with E-state index in [4.69, 9.17) is 14.2 Å². The van der Waals surface area contributed by atoms with Crippen LogP contribution in [0.2, 0.25) is 0 Å². The second kappa shape index (κ2) is 10.4. The number of methoxy groups -OCH3 is 3. The third-order valence-electron chi connectivity index (χ3n) is 5.43. The van der Waals surface area contributed by atoms with Crippen molar-refractivity contribution in [2.45, 2.75) is 0 Å². The van der Waals surface area contributed by atoms with Crippen LogP contribution in [-0.2, 0) is 4.79 Å². The third kappa shape index (κ3) is 4.60. The summed E-state index contributed by atoms with van der Waals surface area (Å²) in [4.78, 5) is 30.5. The first kappa shape index (κ1) is 24.0. The summed E-state index contributed by atoms with van der Waals surface area (Å²) < 4.78 is 16.0. The Labute approximate surface area is 207 Å². The van der Waals surface area contributed by atoms with Gasteiger partial charge < -0.3 is 24.8 Å². The molecule has 3 aromatic carbocycles. The fraction of sp³-hybridized carbons (Fsp3) is 0.111. The molecule has 4 rings (SSSR count). The first-order chi connectivity index (χ1) is 17.5. The smallest absolute Gasteiger partial charge is 0.268 e. The van der Waals surface area contributed by atoms with Gasteiger partial charge in [-0.05, 0) is 24.3 Å². The minimum absolute atomic E-state index is 0.168. The number of carbonyl (C=O) groups excluding carboxylic acids is 2. The van der Waals surface area contributed by atoms with Gasteiger partial charge in [-0.3, -0.25) is 9.59 Å². The largest absolute Gasteiger partial charge is 0.493 e. The Morgan fingerprint density at radius 1 is 0.833 bits per heavy atom. The molecule has 0 radical (unpaired) electrons. The van der Waals surface area contributed by atoms with E-state index >= 15 is 0 Å². The Morgan fingerprint density at radius 3 is 2.03 bits per heavy atom. The van der Waals surface area contributed by atoms with Gasteiger partial charge in [-0.1, -0.05) is 42.5 Å². The van der Waals surface area contributed by atoms with Crippen LogP contribution >= 0.6 is 0 Å². The molecule has 0 fully saturated rings. The summed E-state index contributed by atoms with van der Waals surface area (Å²) in [5.41, 5.74) is 1.91. The maximum atomic E-state index is 13.2. The van der Waals surface area contributed by atoms with E-state index in [9.17, 15) is 14.9 Å². The van der Waals surface area contributed by atoms with Gasteiger partial charge in [0.05, 0.1) is 27.0 Å². The number of ether oxygens (including phenoxy) is 3. The molecule has 0 aromatic heterocycles. The lowest BCUT2D eigenvalue weighted by Crippen LogP contribution is -2.30. The van der Waals surface area contributed by atoms with Crippen molar-refractivity contribution in [3.8, 4) is 23.3 Å². The summed E-state index contributed by atoms with van der Waals surface area (Å²) in [6.45, 7) is 0. The van der Waals surface area contributed by atoms with Crippen molar-refractivity contribution >= 4 is 29.0 Å². The van der Waals surface area contributed by atoms with Crippen molar-refractivity contribution in [2.24, 2.45) is 4.99 Å². The SMILES string of the molecule is COc1cc(C(=O)NC2=NC(=C(C#N)C(=O)Nc3ccccc3)c3ccccc32)cc(OC)c1OC. The first-order valence-electron chi connectivity index (χ1n) is 10.8. The molecule has 0 atom stereocenters. The maximum absolute atomic E-state index is 13.2. The number of anilines is 1. The summed E-state index contributed by atoms with van der Waals surface area (Å²) in [6.07, 6.45) is 0. The molecule has 0 unspecified atom stereocenters. The van der Waals surface area contributed by atoms with Crippen LogP contribution in [0, 0.1) is 11.3 Å². The summed E-state index contributed by atoms with van der Waals surface area (Å²) in [5.74, 6) is 0.111. The number of aliphatic imine (C=N–C) groups is 1. The van der Waals surface area contributed by atoms with Crippen LogP contribution in [0.1, 0.15) is 21.5 Å². The Bertz CT molecular complexity index is 1410. The molecule has 36 heavy (non-hydrogen) atoms. The quantitative estimate of drug-likeness (QED) is 0.407. The summed E-state index contributed by atoms with van der Waals surface area (Å²) in [7, 11) is 4.38. The van der Waals surface area contributed by atoms with Gasteiger partial charge in [0.2, 0.25) is 5.75 Å². The normalized spacial score (nSPS) is 13.0. The number of carbonyl (C=O) groups is 2.